The van der Waals surface area contributed by atoms with Crippen molar-refractivity contribution in [1.29, 1.82) is 0 Å². The first-order chi connectivity index (χ1) is 11.9. The number of carbonyl (C=O) groups is 2. The lowest BCUT2D eigenvalue weighted by molar-refractivity contribution is -0.135. The van der Waals surface area contributed by atoms with Crippen LogP contribution in [0.2, 0.25) is 0 Å². The highest BCUT2D eigenvalue weighted by molar-refractivity contribution is 7.49. The molecule has 0 unspecified atom stereocenters. The maximum atomic E-state index is 11.0. The fraction of sp³-hybridized carbons (Fsp3) is 0.750. The summed E-state index contributed by atoms with van der Waals surface area (Å²) in [6.45, 7) is -0.729. The van der Waals surface area contributed by atoms with Crippen LogP contribution in [-0.2, 0) is 50.4 Å². The highest BCUT2D eigenvalue weighted by Gasteiger charge is 2.27. The van der Waals surface area contributed by atoms with Crippen molar-refractivity contribution in [2.45, 2.75) is 0 Å². The Morgan fingerprint density at radius 3 is 1.12 bits per heavy atom. The van der Waals surface area contributed by atoms with Gasteiger partial charge in [0.05, 0.1) is 13.1 Å². The van der Waals surface area contributed by atoms with E-state index in [9.17, 15) is 18.7 Å². The summed E-state index contributed by atoms with van der Waals surface area (Å²) in [5.41, 5.74) is 9.76. The van der Waals surface area contributed by atoms with Crippen LogP contribution in [0.1, 0.15) is 0 Å². The molecule has 0 bridgehead atoms. The van der Waals surface area contributed by atoms with Crippen LogP contribution in [0.5, 0.6) is 0 Å². The molecule has 0 aliphatic rings. The molecule has 0 radical (unpaired) electrons. The van der Waals surface area contributed by atoms with Crippen molar-refractivity contribution in [2.75, 3.05) is 41.5 Å². The van der Waals surface area contributed by atoms with Gasteiger partial charge in [0.25, 0.3) is 0 Å². The van der Waals surface area contributed by atoms with Gasteiger partial charge in [0.2, 0.25) is 0 Å². The van der Waals surface area contributed by atoms with Gasteiger partial charge in [0.1, 0.15) is 0 Å². The van der Waals surface area contributed by atoms with Crippen molar-refractivity contribution < 1.29 is 60.2 Å². The number of hydrogen-bond donors (Lipinski definition) is 4. The zero-order valence-corrected chi connectivity index (χ0v) is 17.0. The van der Waals surface area contributed by atoms with Crippen LogP contribution in [0.15, 0.2) is 0 Å². The highest BCUT2D eigenvalue weighted by Crippen LogP contribution is 2.48. The number of rotatable bonds is 8. The molecule has 26 heavy (non-hydrogen) atoms. The lowest BCUT2D eigenvalue weighted by Crippen LogP contribution is -2.16. The van der Waals surface area contributed by atoms with E-state index in [2.05, 4.69) is 27.1 Å². The molecule has 6 N–H and O–H groups in total. The molecule has 0 saturated carbocycles. The SMILES string of the molecule is COP(=O)(OC)OC(=O)CN.COP(=O)(OC)OC(=O)CN.O=[P+](O)O. The van der Waals surface area contributed by atoms with Crippen molar-refractivity contribution >= 4 is 35.8 Å². The average Bonchev–Trinajstić information content (AvgIpc) is 2.61. The quantitative estimate of drug-likeness (QED) is 0.340. The molecule has 0 aromatic carbocycles. The van der Waals surface area contributed by atoms with E-state index in [1.807, 2.05) is 0 Å². The number of carbonyl (C=O) groups excluding carboxylic acids is 2. The molecule has 0 amide bonds. The van der Waals surface area contributed by atoms with Gasteiger partial charge in [-0.1, -0.05) is 0 Å². The van der Waals surface area contributed by atoms with Gasteiger partial charge in [0, 0.05) is 33.0 Å². The minimum atomic E-state index is -3.68. The topological polar surface area (TPSA) is 233 Å². The molecule has 15 nitrogen and oxygen atoms in total. The Labute approximate surface area is 150 Å². The molecule has 0 spiro atoms. The lowest BCUT2D eigenvalue weighted by Gasteiger charge is -2.11. The monoisotopic (exact) mass is 447 g/mol. The van der Waals surface area contributed by atoms with E-state index in [0.29, 0.717) is 0 Å². The first kappa shape index (κ1) is 29.9. The maximum absolute atomic E-state index is 11.0. The number of nitrogens with two attached hydrogens (primary N) is 2. The summed E-state index contributed by atoms with van der Waals surface area (Å²) < 4.78 is 56.3. The Hall–Kier alpha value is -0.820. The van der Waals surface area contributed by atoms with Gasteiger partial charge in [-0.25, -0.2) is 9.13 Å². The molecule has 0 atom stereocenters. The Morgan fingerprint density at radius 2 is 1.00 bits per heavy atom. The van der Waals surface area contributed by atoms with Gasteiger partial charge < -0.3 is 20.5 Å². The van der Waals surface area contributed by atoms with E-state index < -0.39 is 35.8 Å². The predicted octanol–water partition coefficient (Wildman–Crippen LogP) is -0.593. The van der Waals surface area contributed by atoms with Crippen molar-refractivity contribution in [2.24, 2.45) is 11.5 Å². The van der Waals surface area contributed by atoms with Gasteiger partial charge in [-0.05, 0) is 0 Å². The van der Waals surface area contributed by atoms with Crippen LogP contribution >= 0.6 is 23.9 Å². The second-order valence-electron chi connectivity index (χ2n) is 3.21. The minimum Gasteiger partial charge on any atom is -0.369 e. The second kappa shape index (κ2) is 16.4. The summed E-state index contributed by atoms with van der Waals surface area (Å²) in [6.07, 6.45) is 0. The summed E-state index contributed by atoms with van der Waals surface area (Å²) in [5, 5.41) is 0. The van der Waals surface area contributed by atoms with Crippen LogP contribution in [0, 0.1) is 0 Å². The molecule has 0 heterocycles. The van der Waals surface area contributed by atoms with Gasteiger partial charge in [-0.15, -0.1) is 9.79 Å². The molecule has 0 aliphatic heterocycles. The van der Waals surface area contributed by atoms with E-state index in [4.69, 9.17) is 25.8 Å². The molecule has 156 valence electrons. The van der Waals surface area contributed by atoms with E-state index in [1.165, 1.54) is 0 Å². The smallest absolute Gasteiger partial charge is 0.369 e. The Kier molecular flexibility index (Phi) is 18.8. The minimum absolute atomic E-state index is 0.364. The highest BCUT2D eigenvalue weighted by atomic mass is 31.2. The molecular weight excluding hydrogens is 425 g/mol. The fourth-order valence-corrected chi connectivity index (χ4v) is 1.87. The molecule has 0 fully saturated rings. The molecule has 0 aromatic heterocycles. The summed E-state index contributed by atoms with van der Waals surface area (Å²) in [7, 11) is -5.82. The van der Waals surface area contributed by atoms with Crippen LogP contribution in [0.25, 0.3) is 0 Å². The van der Waals surface area contributed by atoms with Gasteiger partial charge in [0.15, 0.2) is 0 Å². The predicted molar refractivity (Wildman–Crippen MR) is 85.6 cm³/mol. The zero-order chi connectivity index (χ0) is 21.4. The third kappa shape index (κ3) is 18.0. The Morgan fingerprint density at radius 1 is 0.808 bits per heavy atom. The van der Waals surface area contributed by atoms with Crippen molar-refractivity contribution in [3.8, 4) is 0 Å². The summed E-state index contributed by atoms with van der Waals surface area (Å²) in [5.74, 6) is -1.67. The molecule has 18 heteroatoms. The van der Waals surface area contributed by atoms with Crippen molar-refractivity contribution in [3.63, 3.8) is 0 Å². The fourth-order valence-electron chi connectivity index (χ4n) is 0.622. The molecular formula is C8H22N2O13P3+. The largest absolute Gasteiger partial charge is 0.692 e. The number of hydrogen-bond acceptors (Lipinski definition) is 13. The third-order valence-electron chi connectivity index (χ3n) is 1.66. The third-order valence-corrected chi connectivity index (χ3v) is 4.30. The standard InChI is InChI=1S/2C4H10NO5P.HO3P/c2*1-8-11(7,9-2)10-4(6)3-5;1-4(2)3/h2*3,5H2,1-2H3;(H-,1,2,3)/p+1. The number of phosphoric ester groups is 2. The first-order valence-electron chi connectivity index (χ1n) is 6.02. The maximum Gasteiger partial charge on any atom is 0.692 e. The Bertz CT molecular complexity index is 468. The van der Waals surface area contributed by atoms with E-state index in [1.54, 1.807) is 0 Å². The summed E-state index contributed by atoms with van der Waals surface area (Å²) in [6, 6.07) is 0. The van der Waals surface area contributed by atoms with Gasteiger partial charge >= 0.3 is 35.8 Å². The van der Waals surface area contributed by atoms with E-state index in [0.717, 1.165) is 28.4 Å². The second-order valence-corrected chi connectivity index (χ2v) is 7.33. The molecule has 0 aliphatic carbocycles. The normalized spacial score (nSPS) is 10.5. The van der Waals surface area contributed by atoms with Crippen molar-refractivity contribution in [1.82, 2.24) is 0 Å². The lowest BCUT2D eigenvalue weighted by atomic mass is 10.7. The van der Waals surface area contributed by atoms with E-state index >= 15 is 0 Å². The number of phosphoric acid groups is 2. The zero-order valence-electron chi connectivity index (χ0n) is 14.3. The van der Waals surface area contributed by atoms with Crippen molar-refractivity contribution in [3.05, 3.63) is 0 Å². The Balaban J connectivity index is -0.000000338. The van der Waals surface area contributed by atoms with Crippen LogP contribution in [-0.4, -0.2) is 63.3 Å². The van der Waals surface area contributed by atoms with Gasteiger partial charge in [-0.2, -0.15) is 0 Å². The first-order valence-corrected chi connectivity index (χ1v) is 10.1. The van der Waals surface area contributed by atoms with Crippen LogP contribution in [0.3, 0.4) is 0 Å². The summed E-state index contributed by atoms with van der Waals surface area (Å²) in [4.78, 5) is 35.2. The average molecular weight is 447 g/mol. The van der Waals surface area contributed by atoms with E-state index in [-0.39, 0.29) is 13.1 Å². The molecule has 0 saturated heterocycles. The van der Waals surface area contributed by atoms with Gasteiger partial charge in [-0.3, -0.25) is 27.7 Å². The van der Waals surface area contributed by atoms with Crippen LogP contribution in [0.4, 0.5) is 0 Å². The summed E-state index contributed by atoms with van der Waals surface area (Å²) >= 11 is 0. The van der Waals surface area contributed by atoms with Crippen LogP contribution < -0.4 is 11.5 Å². The molecule has 0 rings (SSSR count). The molecule has 0 aromatic rings.